The van der Waals surface area contributed by atoms with E-state index < -0.39 is 18.2 Å². The number of rotatable bonds is 46. The van der Waals surface area contributed by atoms with Gasteiger partial charge in [-0.3, -0.25) is 9.59 Å². The van der Waals surface area contributed by atoms with Gasteiger partial charge in [0, 0.05) is 6.42 Å². The number of allylic oxidation sites excluding steroid dienone is 16. The number of nitrogens with one attached hydrogen (secondary N) is 1. The van der Waals surface area contributed by atoms with E-state index in [9.17, 15) is 19.8 Å². The van der Waals surface area contributed by atoms with E-state index in [1.165, 1.54) is 83.5 Å². The highest BCUT2D eigenvalue weighted by Crippen LogP contribution is 2.17. The zero-order valence-electron chi connectivity index (χ0n) is 41.6. The van der Waals surface area contributed by atoms with E-state index in [1.807, 2.05) is 6.08 Å². The average Bonchev–Trinajstić information content (AvgIpc) is 3.29. The van der Waals surface area contributed by atoms with Crippen molar-refractivity contribution in [2.24, 2.45) is 0 Å². The van der Waals surface area contributed by atoms with Crippen LogP contribution in [0, 0.1) is 0 Å². The van der Waals surface area contributed by atoms with E-state index in [0.717, 1.165) is 103 Å². The Labute approximate surface area is 395 Å². The zero-order valence-corrected chi connectivity index (χ0v) is 41.6. The van der Waals surface area contributed by atoms with Crippen LogP contribution in [0.1, 0.15) is 233 Å². The lowest BCUT2D eigenvalue weighted by molar-refractivity contribution is -0.151. The molecule has 3 atom stereocenters. The molecule has 0 saturated carbocycles. The molecular weight excluding hydrogens is 791 g/mol. The predicted molar refractivity (Wildman–Crippen MR) is 277 cm³/mol. The smallest absolute Gasteiger partial charge is 0.306 e. The van der Waals surface area contributed by atoms with Gasteiger partial charge in [-0.05, 0) is 89.9 Å². The maximum atomic E-state index is 13.2. The minimum Gasteiger partial charge on any atom is -0.462 e. The molecule has 3 N–H and O–H groups in total. The summed E-state index contributed by atoms with van der Waals surface area (Å²) in [5, 5.41) is 23.8. The van der Waals surface area contributed by atoms with Crippen LogP contribution in [0.3, 0.4) is 0 Å². The molecule has 0 fully saturated rings. The van der Waals surface area contributed by atoms with Crippen LogP contribution in [0.2, 0.25) is 0 Å². The molecule has 0 aliphatic heterocycles. The van der Waals surface area contributed by atoms with Gasteiger partial charge in [-0.2, -0.15) is 0 Å². The van der Waals surface area contributed by atoms with E-state index in [2.05, 4.69) is 117 Å². The fourth-order valence-corrected chi connectivity index (χ4v) is 7.49. The molecule has 0 bridgehead atoms. The van der Waals surface area contributed by atoms with E-state index in [1.54, 1.807) is 0 Å². The molecule has 64 heavy (non-hydrogen) atoms. The van der Waals surface area contributed by atoms with Gasteiger partial charge in [-0.1, -0.05) is 227 Å². The summed E-state index contributed by atoms with van der Waals surface area (Å²) < 4.78 is 5.91. The van der Waals surface area contributed by atoms with Crippen LogP contribution in [-0.2, 0) is 14.3 Å². The molecule has 1 amide bonds. The van der Waals surface area contributed by atoms with Crippen LogP contribution in [0.4, 0.5) is 0 Å². The molecule has 0 aliphatic carbocycles. The summed E-state index contributed by atoms with van der Waals surface area (Å²) in [7, 11) is 0. The van der Waals surface area contributed by atoms with E-state index in [0.29, 0.717) is 19.3 Å². The minimum atomic E-state index is -0.810. The first kappa shape index (κ1) is 60.8. The van der Waals surface area contributed by atoms with Crippen LogP contribution < -0.4 is 5.32 Å². The molecule has 0 aromatic rings. The number of hydrogen-bond acceptors (Lipinski definition) is 5. The van der Waals surface area contributed by atoms with Crippen LogP contribution >= 0.6 is 0 Å². The quantitative estimate of drug-likeness (QED) is 0.0245. The SMILES string of the molecule is CC/C=C/C/C=C/C/C=C/C/C=C/CCCCCC(=O)OC(CCCCC/C=C/C=C/C=C/C=C/CCCCC)CC(=O)NC(CO)C(O)CCCCCCCCCCCCCCC. The number of aliphatic hydroxyl groups excluding tert-OH is 2. The largest absolute Gasteiger partial charge is 0.462 e. The van der Waals surface area contributed by atoms with Crippen molar-refractivity contribution in [1.82, 2.24) is 5.32 Å². The van der Waals surface area contributed by atoms with Crippen molar-refractivity contribution in [2.45, 2.75) is 251 Å². The fourth-order valence-electron chi connectivity index (χ4n) is 7.49. The molecule has 0 spiro atoms. The summed E-state index contributed by atoms with van der Waals surface area (Å²) in [4.78, 5) is 26.2. The molecule has 3 unspecified atom stereocenters. The lowest BCUT2D eigenvalue weighted by atomic mass is 10.0. The number of amides is 1. The first-order valence-electron chi connectivity index (χ1n) is 26.5. The van der Waals surface area contributed by atoms with Gasteiger partial charge in [0.25, 0.3) is 0 Å². The van der Waals surface area contributed by atoms with Crippen LogP contribution in [-0.4, -0.2) is 46.9 Å². The Bertz CT molecular complexity index is 1270. The highest BCUT2D eigenvalue weighted by Gasteiger charge is 2.24. The van der Waals surface area contributed by atoms with Gasteiger partial charge in [0.1, 0.15) is 6.10 Å². The molecule has 0 rings (SSSR count). The molecule has 0 radical (unpaired) electrons. The Morgan fingerprint density at radius 1 is 0.484 bits per heavy atom. The molecule has 0 saturated heterocycles. The van der Waals surface area contributed by atoms with Crippen molar-refractivity contribution in [3.63, 3.8) is 0 Å². The lowest BCUT2D eigenvalue weighted by Gasteiger charge is -2.24. The van der Waals surface area contributed by atoms with Gasteiger partial charge in [-0.15, -0.1) is 0 Å². The third-order valence-corrected chi connectivity index (χ3v) is 11.5. The minimum absolute atomic E-state index is 0.0334. The number of carbonyl (C=O) groups excluding carboxylic acids is 2. The summed E-state index contributed by atoms with van der Waals surface area (Å²) in [5.74, 6) is -0.555. The molecule has 0 aromatic heterocycles. The third-order valence-electron chi connectivity index (χ3n) is 11.5. The standard InChI is InChI=1S/C58H99NO5/c1-4-7-10-13-16-19-22-25-27-29-32-34-37-40-43-46-49-54(64-58(63)51-48-45-42-39-36-33-30-28-26-23-20-17-14-11-8-5-2)52-57(62)59-55(53-60)56(61)50-47-44-41-38-35-31-24-21-18-15-12-9-6-3/h8,11,16-17,19-20,22,25-29,32-34,36,54-56,60-61H,4-7,9-10,12-15,18,21,23-24,30-31,35,37-53H2,1-3H3,(H,59,62)/b11-8+,19-16+,20-17+,25-22+,28-26+,29-27+,34-32+,36-33+. The van der Waals surface area contributed by atoms with Crippen molar-refractivity contribution < 1.29 is 24.5 Å². The topological polar surface area (TPSA) is 95.9 Å². The Morgan fingerprint density at radius 2 is 0.906 bits per heavy atom. The number of aliphatic hydroxyl groups is 2. The van der Waals surface area contributed by atoms with Gasteiger partial charge < -0.3 is 20.3 Å². The molecule has 6 heteroatoms. The van der Waals surface area contributed by atoms with Gasteiger partial charge in [0.2, 0.25) is 5.91 Å². The summed E-state index contributed by atoms with van der Waals surface area (Å²) >= 11 is 0. The van der Waals surface area contributed by atoms with Crippen LogP contribution in [0.25, 0.3) is 0 Å². The zero-order chi connectivity index (χ0) is 46.7. The number of carbonyl (C=O) groups is 2. The second-order valence-electron chi connectivity index (χ2n) is 17.6. The maximum absolute atomic E-state index is 13.2. The molecule has 0 aliphatic rings. The summed E-state index contributed by atoms with van der Waals surface area (Å²) in [6.07, 6.45) is 67.4. The Hall–Kier alpha value is -3.22. The van der Waals surface area contributed by atoms with Crippen LogP contribution in [0.15, 0.2) is 97.2 Å². The van der Waals surface area contributed by atoms with Crippen molar-refractivity contribution >= 4 is 11.9 Å². The maximum Gasteiger partial charge on any atom is 0.306 e. The molecule has 0 heterocycles. The number of hydrogen-bond donors (Lipinski definition) is 3. The van der Waals surface area contributed by atoms with Crippen molar-refractivity contribution in [3.05, 3.63) is 97.2 Å². The monoisotopic (exact) mass is 890 g/mol. The summed E-state index contributed by atoms with van der Waals surface area (Å²) in [5.41, 5.74) is 0. The second-order valence-corrected chi connectivity index (χ2v) is 17.6. The number of esters is 1. The summed E-state index contributed by atoms with van der Waals surface area (Å²) in [6.45, 7) is 6.31. The molecule has 0 aromatic carbocycles. The molecule has 6 nitrogen and oxygen atoms in total. The lowest BCUT2D eigenvalue weighted by Crippen LogP contribution is -2.46. The normalized spacial score (nSPS) is 14.0. The average molecular weight is 890 g/mol. The molecule has 366 valence electrons. The van der Waals surface area contributed by atoms with Gasteiger partial charge in [-0.25, -0.2) is 0 Å². The number of unbranched alkanes of at least 4 members (excludes halogenated alkanes) is 21. The highest BCUT2D eigenvalue weighted by molar-refractivity contribution is 5.77. The van der Waals surface area contributed by atoms with E-state index in [-0.39, 0.29) is 24.9 Å². The van der Waals surface area contributed by atoms with Crippen LogP contribution in [0.5, 0.6) is 0 Å². The number of ether oxygens (including phenoxy) is 1. The van der Waals surface area contributed by atoms with E-state index in [4.69, 9.17) is 4.74 Å². The first-order chi connectivity index (χ1) is 31.5. The molecular formula is C58H99NO5. The van der Waals surface area contributed by atoms with Gasteiger partial charge in [0.15, 0.2) is 0 Å². The van der Waals surface area contributed by atoms with Crippen molar-refractivity contribution in [3.8, 4) is 0 Å². The Morgan fingerprint density at radius 3 is 1.45 bits per heavy atom. The van der Waals surface area contributed by atoms with Gasteiger partial charge >= 0.3 is 5.97 Å². The fraction of sp³-hybridized carbons (Fsp3) is 0.690. The Kier molecular flexibility index (Phi) is 48.2. The van der Waals surface area contributed by atoms with Crippen molar-refractivity contribution in [2.75, 3.05) is 6.61 Å². The van der Waals surface area contributed by atoms with Gasteiger partial charge in [0.05, 0.1) is 25.2 Å². The highest BCUT2D eigenvalue weighted by atomic mass is 16.5. The second kappa shape index (κ2) is 50.8. The Balaban J connectivity index is 4.75. The summed E-state index contributed by atoms with van der Waals surface area (Å²) in [6, 6.07) is -0.727. The predicted octanol–water partition coefficient (Wildman–Crippen LogP) is 16.1. The van der Waals surface area contributed by atoms with E-state index >= 15 is 0 Å². The third kappa shape index (κ3) is 45.4. The van der Waals surface area contributed by atoms with Crippen molar-refractivity contribution in [1.29, 1.82) is 0 Å². The first-order valence-corrected chi connectivity index (χ1v) is 26.5.